The fraction of sp³-hybridized carbons (Fsp3) is 0.333. The van der Waals surface area contributed by atoms with Gasteiger partial charge in [-0.2, -0.15) is 0 Å². The normalized spacial score (nSPS) is 16.4. The summed E-state index contributed by atoms with van der Waals surface area (Å²) in [4.78, 5) is 0. The highest BCUT2D eigenvalue weighted by atomic mass is 16.5. The summed E-state index contributed by atoms with van der Waals surface area (Å²) in [5.41, 5.74) is 3.93. The van der Waals surface area contributed by atoms with Gasteiger partial charge in [-0.1, -0.05) is 24.3 Å². The van der Waals surface area contributed by atoms with E-state index in [9.17, 15) is 0 Å². The first-order valence-corrected chi connectivity index (χ1v) is 7.47. The van der Waals surface area contributed by atoms with Gasteiger partial charge in [0.2, 0.25) is 0 Å². The summed E-state index contributed by atoms with van der Waals surface area (Å²) in [7, 11) is 1.66. The van der Waals surface area contributed by atoms with Gasteiger partial charge in [-0.15, -0.1) is 0 Å². The third-order valence-corrected chi connectivity index (χ3v) is 3.94. The van der Waals surface area contributed by atoms with E-state index in [0.717, 1.165) is 30.0 Å². The Hall–Kier alpha value is -2.16. The smallest absolute Gasteiger partial charge is 0.163 e. The average molecular weight is 283 g/mol. The number of aryl methyl sites for hydroxylation is 1. The fourth-order valence-electron chi connectivity index (χ4n) is 2.94. The zero-order chi connectivity index (χ0) is 14.7. The van der Waals surface area contributed by atoms with Crippen LogP contribution in [0.4, 0.5) is 5.69 Å². The second-order valence-electron chi connectivity index (χ2n) is 5.23. The van der Waals surface area contributed by atoms with Gasteiger partial charge >= 0.3 is 0 Å². The molecule has 21 heavy (non-hydrogen) atoms. The molecular formula is C18H21NO2. The fourth-order valence-corrected chi connectivity index (χ4v) is 2.94. The molecule has 0 amide bonds. The molecule has 0 saturated carbocycles. The maximum Gasteiger partial charge on any atom is 0.163 e. The number of ether oxygens (including phenoxy) is 2. The maximum absolute atomic E-state index is 5.64. The third-order valence-electron chi connectivity index (χ3n) is 3.94. The monoisotopic (exact) mass is 283 g/mol. The minimum absolute atomic E-state index is 0.379. The van der Waals surface area contributed by atoms with Crippen LogP contribution >= 0.6 is 0 Å². The molecule has 1 aliphatic rings. The summed E-state index contributed by atoms with van der Waals surface area (Å²) < 4.78 is 11.0. The number of hydrogen-bond donors (Lipinski definition) is 1. The van der Waals surface area contributed by atoms with Gasteiger partial charge in [0, 0.05) is 11.8 Å². The van der Waals surface area contributed by atoms with Crippen LogP contribution in [-0.2, 0) is 6.42 Å². The second kappa shape index (κ2) is 6.08. The average Bonchev–Trinajstić information content (AvgIpc) is 2.91. The molecule has 3 nitrogen and oxygen atoms in total. The van der Waals surface area contributed by atoms with Crippen LogP contribution in [0, 0.1) is 0 Å². The van der Waals surface area contributed by atoms with Crippen LogP contribution in [0.3, 0.4) is 0 Å². The highest BCUT2D eigenvalue weighted by molar-refractivity contribution is 5.56. The first-order valence-electron chi connectivity index (χ1n) is 7.47. The lowest BCUT2D eigenvalue weighted by atomic mass is 10.1. The molecule has 0 aliphatic heterocycles. The Morgan fingerprint density at radius 3 is 2.81 bits per heavy atom. The SMILES string of the molecule is CCOc1cc(NC2CCc3ccccc32)ccc1OC. The topological polar surface area (TPSA) is 30.5 Å². The van der Waals surface area contributed by atoms with Crippen LogP contribution in [0.1, 0.15) is 30.5 Å². The molecular weight excluding hydrogens is 262 g/mol. The van der Waals surface area contributed by atoms with Crippen molar-refractivity contribution in [3.8, 4) is 11.5 Å². The van der Waals surface area contributed by atoms with E-state index in [1.54, 1.807) is 7.11 Å². The van der Waals surface area contributed by atoms with Crippen molar-refractivity contribution in [1.29, 1.82) is 0 Å². The van der Waals surface area contributed by atoms with Crippen molar-refractivity contribution in [3.63, 3.8) is 0 Å². The molecule has 2 aromatic carbocycles. The number of methoxy groups -OCH3 is 1. The van der Waals surface area contributed by atoms with Gasteiger partial charge in [0.05, 0.1) is 19.8 Å². The molecule has 0 heterocycles. The molecule has 0 radical (unpaired) electrons. The van der Waals surface area contributed by atoms with Crippen molar-refractivity contribution in [2.75, 3.05) is 19.0 Å². The zero-order valence-corrected chi connectivity index (χ0v) is 12.6. The summed E-state index contributed by atoms with van der Waals surface area (Å²) in [6.07, 6.45) is 2.28. The molecule has 1 unspecified atom stereocenters. The van der Waals surface area contributed by atoms with E-state index in [4.69, 9.17) is 9.47 Å². The highest BCUT2D eigenvalue weighted by Gasteiger charge is 2.21. The summed E-state index contributed by atoms with van der Waals surface area (Å²) in [6, 6.07) is 15.0. The number of nitrogens with one attached hydrogen (secondary N) is 1. The predicted molar refractivity (Wildman–Crippen MR) is 85.3 cm³/mol. The minimum atomic E-state index is 0.379. The Balaban J connectivity index is 1.81. The Labute approximate surface area is 125 Å². The van der Waals surface area contributed by atoms with Crippen LogP contribution in [0.15, 0.2) is 42.5 Å². The largest absolute Gasteiger partial charge is 0.493 e. The van der Waals surface area contributed by atoms with Crippen LogP contribution in [0.25, 0.3) is 0 Å². The van der Waals surface area contributed by atoms with E-state index in [0.29, 0.717) is 12.6 Å². The molecule has 0 spiro atoms. The van der Waals surface area contributed by atoms with Crippen molar-refractivity contribution in [2.24, 2.45) is 0 Å². The molecule has 0 fully saturated rings. The number of benzene rings is 2. The predicted octanol–water partition coefficient (Wildman–Crippen LogP) is 4.19. The van der Waals surface area contributed by atoms with E-state index in [-0.39, 0.29) is 0 Å². The molecule has 0 bridgehead atoms. The number of fused-ring (bicyclic) bond motifs is 1. The quantitative estimate of drug-likeness (QED) is 0.892. The standard InChI is InChI=1S/C18H21NO2/c1-3-21-18-12-14(9-11-17(18)20-2)19-16-10-8-13-6-4-5-7-15(13)16/h4-7,9,11-12,16,19H,3,8,10H2,1-2H3. The first kappa shape index (κ1) is 13.8. The molecule has 3 rings (SSSR count). The summed E-state index contributed by atoms with van der Waals surface area (Å²) in [5, 5.41) is 3.61. The van der Waals surface area contributed by atoms with Crippen LogP contribution in [0.5, 0.6) is 11.5 Å². The Morgan fingerprint density at radius 1 is 1.14 bits per heavy atom. The van der Waals surface area contributed by atoms with E-state index >= 15 is 0 Å². The van der Waals surface area contributed by atoms with Gasteiger partial charge in [-0.3, -0.25) is 0 Å². The van der Waals surface area contributed by atoms with E-state index in [1.807, 2.05) is 25.1 Å². The van der Waals surface area contributed by atoms with Gasteiger partial charge in [-0.25, -0.2) is 0 Å². The summed E-state index contributed by atoms with van der Waals surface area (Å²) in [6.45, 7) is 2.61. The molecule has 1 N–H and O–H groups in total. The molecule has 110 valence electrons. The second-order valence-corrected chi connectivity index (χ2v) is 5.23. The van der Waals surface area contributed by atoms with E-state index in [2.05, 4.69) is 29.6 Å². The van der Waals surface area contributed by atoms with E-state index in [1.165, 1.54) is 11.1 Å². The van der Waals surface area contributed by atoms with Gasteiger partial charge in [0.15, 0.2) is 11.5 Å². The lowest BCUT2D eigenvalue weighted by Gasteiger charge is -2.17. The molecule has 2 aromatic rings. The van der Waals surface area contributed by atoms with Crippen molar-refractivity contribution in [2.45, 2.75) is 25.8 Å². The van der Waals surface area contributed by atoms with Crippen LogP contribution in [-0.4, -0.2) is 13.7 Å². The van der Waals surface area contributed by atoms with Crippen molar-refractivity contribution in [1.82, 2.24) is 0 Å². The van der Waals surface area contributed by atoms with Gasteiger partial charge < -0.3 is 14.8 Å². The van der Waals surface area contributed by atoms with Crippen LogP contribution in [0.2, 0.25) is 0 Å². The molecule has 0 saturated heterocycles. The third kappa shape index (κ3) is 2.82. The van der Waals surface area contributed by atoms with Gasteiger partial charge in [0.25, 0.3) is 0 Å². The highest BCUT2D eigenvalue weighted by Crippen LogP contribution is 2.36. The molecule has 0 aromatic heterocycles. The van der Waals surface area contributed by atoms with Gasteiger partial charge in [-0.05, 0) is 43.0 Å². The number of rotatable bonds is 5. The number of anilines is 1. The minimum Gasteiger partial charge on any atom is -0.493 e. The summed E-state index contributed by atoms with van der Waals surface area (Å²) in [5.74, 6) is 1.56. The Morgan fingerprint density at radius 2 is 2.00 bits per heavy atom. The van der Waals surface area contributed by atoms with Crippen molar-refractivity contribution in [3.05, 3.63) is 53.6 Å². The maximum atomic E-state index is 5.64. The number of hydrogen-bond acceptors (Lipinski definition) is 3. The first-order chi connectivity index (χ1) is 10.3. The Bertz CT molecular complexity index is 624. The Kier molecular flexibility index (Phi) is 4.00. The van der Waals surface area contributed by atoms with Gasteiger partial charge in [0.1, 0.15) is 0 Å². The van der Waals surface area contributed by atoms with Crippen molar-refractivity contribution >= 4 is 5.69 Å². The van der Waals surface area contributed by atoms with E-state index < -0.39 is 0 Å². The lowest BCUT2D eigenvalue weighted by molar-refractivity contribution is 0.311. The van der Waals surface area contributed by atoms with Crippen LogP contribution < -0.4 is 14.8 Å². The molecule has 1 atom stereocenters. The summed E-state index contributed by atoms with van der Waals surface area (Å²) >= 11 is 0. The van der Waals surface area contributed by atoms with Crippen molar-refractivity contribution < 1.29 is 9.47 Å². The zero-order valence-electron chi connectivity index (χ0n) is 12.6. The molecule has 3 heteroatoms. The lowest BCUT2D eigenvalue weighted by Crippen LogP contribution is -2.07. The molecule has 1 aliphatic carbocycles.